The minimum Gasteiger partial charge on any atom is -0.492 e. The summed E-state index contributed by atoms with van der Waals surface area (Å²) in [6, 6.07) is 1.83. The highest BCUT2D eigenvalue weighted by Crippen LogP contribution is 2.22. The highest BCUT2D eigenvalue weighted by atomic mass is 35.5. The topological polar surface area (TPSA) is 50.8 Å². The molecule has 5 heteroatoms. The summed E-state index contributed by atoms with van der Waals surface area (Å²) in [7, 11) is 0. The van der Waals surface area contributed by atoms with Gasteiger partial charge in [-0.25, -0.2) is 9.97 Å². The highest BCUT2D eigenvalue weighted by Gasteiger charge is 2.11. The molecule has 15 heavy (non-hydrogen) atoms. The van der Waals surface area contributed by atoms with E-state index < -0.39 is 0 Å². The van der Waals surface area contributed by atoms with Gasteiger partial charge in [-0.15, -0.1) is 0 Å². The van der Waals surface area contributed by atoms with Crippen LogP contribution in [0.4, 0.5) is 0 Å². The normalized spacial score (nSPS) is 10.5. The average Bonchev–Trinajstić information content (AvgIpc) is 2.64. The van der Waals surface area contributed by atoms with E-state index in [0.717, 1.165) is 11.0 Å². The van der Waals surface area contributed by atoms with Crippen LogP contribution in [-0.4, -0.2) is 21.6 Å². The number of H-pyrrole nitrogens is 1. The van der Waals surface area contributed by atoms with Gasteiger partial charge in [-0.1, -0.05) is 6.58 Å². The second-order valence-corrected chi connectivity index (χ2v) is 3.27. The second-order valence-electron chi connectivity index (χ2n) is 2.94. The lowest BCUT2D eigenvalue weighted by atomic mass is 10.3. The number of nitrogens with zero attached hydrogens (tertiary/aromatic N) is 2. The molecule has 0 spiro atoms. The molecular weight excluding hydrogens is 214 g/mol. The summed E-state index contributed by atoms with van der Waals surface area (Å²) >= 11 is 5.79. The van der Waals surface area contributed by atoms with E-state index in [4.69, 9.17) is 16.3 Å². The molecule has 2 aromatic heterocycles. The van der Waals surface area contributed by atoms with E-state index in [1.807, 2.05) is 13.0 Å². The summed E-state index contributed by atoms with van der Waals surface area (Å²) in [5, 5.41) is 0.193. The first kappa shape index (κ1) is 9.98. The van der Waals surface area contributed by atoms with Crippen molar-refractivity contribution < 1.29 is 4.74 Å². The molecule has 0 saturated heterocycles. The molecule has 2 rings (SSSR count). The first-order valence-corrected chi connectivity index (χ1v) is 4.93. The number of hydrogen-bond donors (Lipinski definition) is 1. The largest absolute Gasteiger partial charge is 0.492 e. The fourth-order valence-electron chi connectivity index (χ4n) is 1.36. The van der Waals surface area contributed by atoms with Crippen LogP contribution in [0.2, 0.25) is 5.28 Å². The van der Waals surface area contributed by atoms with E-state index in [9.17, 15) is 0 Å². The summed E-state index contributed by atoms with van der Waals surface area (Å²) < 4.78 is 5.30. The molecule has 0 aromatic carbocycles. The molecule has 2 heterocycles. The van der Waals surface area contributed by atoms with E-state index in [0.29, 0.717) is 18.1 Å². The van der Waals surface area contributed by atoms with Crippen LogP contribution in [0.3, 0.4) is 0 Å². The lowest BCUT2D eigenvalue weighted by Gasteiger charge is -2.06. The maximum absolute atomic E-state index is 5.79. The number of aromatic amines is 1. The summed E-state index contributed by atoms with van der Waals surface area (Å²) in [6.07, 6.45) is 1.78. The molecule has 0 amide bonds. The summed E-state index contributed by atoms with van der Waals surface area (Å²) in [6.45, 7) is 6.23. The number of nitrogens with one attached hydrogen (secondary N) is 1. The standard InChI is InChI=1S/C10H10ClN3O/c1-3-15-6(2)8-9-7(4-5-12-9)13-10(11)14-8/h4-5,12H,2-3H2,1H3. The smallest absolute Gasteiger partial charge is 0.223 e. The molecule has 0 atom stereocenters. The zero-order chi connectivity index (χ0) is 10.8. The lowest BCUT2D eigenvalue weighted by Crippen LogP contribution is -1.97. The minimum atomic E-state index is 0.193. The fourth-order valence-corrected chi connectivity index (χ4v) is 1.54. The Hall–Kier alpha value is -1.55. The van der Waals surface area contributed by atoms with Crippen molar-refractivity contribution in [3.05, 3.63) is 29.8 Å². The van der Waals surface area contributed by atoms with Gasteiger partial charge in [0.25, 0.3) is 0 Å². The van der Waals surface area contributed by atoms with E-state index in [1.165, 1.54) is 0 Å². The van der Waals surface area contributed by atoms with Crippen molar-refractivity contribution in [2.75, 3.05) is 6.61 Å². The van der Waals surface area contributed by atoms with E-state index in [1.54, 1.807) is 6.20 Å². The average molecular weight is 224 g/mol. The highest BCUT2D eigenvalue weighted by molar-refractivity contribution is 6.28. The van der Waals surface area contributed by atoms with Crippen LogP contribution in [0.5, 0.6) is 0 Å². The van der Waals surface area contributed by atoms with Gasteiger partial charge in [-0.05, 0) is 24.6 Å². The van der Waals surface area contributed by atoms with Gasteiger partial charge in [0.2, 0.25) is 5.28 Å². The Morgan fingerprint density at radius 2 is 2.40 bits per heavy atom. The van der Waals surface area contributed by atoms with Crippen molar-refractivity contribution in [1.29, 1.82) is 0 Å². The predicted octanol–water partition coefficient (Wildman–Crippen LogP) is 2.62. The van der Waals surface area contributed by atoms with Crippen molar-refractivity contribution in [1.82, 2.24) is 15.0 Å². The Morgan fingerprint density at radius 1 is 1.60 bits per heavy atom. The second kappa shape index (κ2) is 3.90. The third kappa shape index (κ3) is 1.80. The first-order chi connectivity index (χ1) is 7.22. The molecular formula is C10H10ClN3O. The Morgan fingerprint density at radius 3 is 3.13 bits per heavy atom. The summed E-state index contributed by atoms with van der Waals surface area (Å²) in [5.41, 5.74) is 2.15. The number of halogens is 1. The maximum Gasteiger partial charge on any atom is 0.223 e. The molecule has 0 saturated carbocycles. The molecule has 1 N–H and O–H groups in total. The van der Waals surface area contributed by atoms with E-state index in [-0.39, 0.29) is 5.28 Å². The minimum absolute atomic E-state index is 0.193. The van der Waals surface area contributed by atoms with Crippen molar-refractivity contribution in [2.24, 2.45) is 0 Å². The molecule has 0 aliphatic heterocycles. The molecule has 4 nitrogen and oxygen atoms in total. The number of fused-ring (bicyclic) bond motifs is 1. The molecule has 0 fully saturated rings. The molecule has 0 aliphatic carbocycles. The summed E-state index contributed by atoms with van der Waals surface area (Å²) in [5.74, 6) is 0.495. The van der Waals surface area contributed by atoms with Crippen molar-refractivity contribution in [3.63, 3.8) is 0 Å². The monoisotopic (exact) mass is 223 g/mol. The number of hydrogen-bond acceptors (Lipinski definition) is 3. The fraction of sp³-hybridized carbons (Fsp3) is 0.200. The quantitative estimate of drug-likeness (QED) is 0.643. The van der Waals surface area contributed by atoms with Gasteiger partial charge in [0.05, 0.1) is 17.6 Å². The van der Waals surface area contributed by atoms with Crippen molar-refractivity contribution in [2.45, 2.75) is 6.92 Å². The Kier molecular flexibility index (Phi) is 2.60. The Balaban J connectivity index is 2.57. The molecule has 0 aliphatic rings. The van der Waals surface area contributed by atoms with Gasteiger partial charge in [0, 0.05) is 6.20 Å². The first-order valence-electron chi connectivity index (χ1n) is 4.55. The van der Waals surface area contributed by atoms with Gasteiger partial charge in [-0.3, -0.25) is 0 Å². The van der Waals surface area contributed by atoms with Gasteiger partial charge < -0.3 is 9.72 Å². The van der Waals surface area contributed by atoms with Crippen LogP contribution < -0.4 is 0 Å². The Labute approximate surface area is 91.9 Å². The summed E-state index contributed by atoms with van der Waals surface area (Å²) in [4.78, 5) is 11.2. The third-order valence-corrected chi connectivity index (χ3v) is 2.13. The number of rotatable bonds is 3. The molecule has 2 aromatic rings. The molecule has 0 bridgehead atoms. The van der Waals surface area contributed by atoms with Gasteiger partial charge in [0.15, 0.2) is 0 Å². The lowest BCUT2D eigenvalue weighted by molar-refractivity contribution is 0.298. The van der Waals surface area contributed by atoms with Crippen LogP contribution in [0.1, 0.15) is 12.6 Å². The van der Waals surface area contributed by atoms with Crippen LogP contribution >= 0.6 is 11.6 Å². The molecule has 0 radical (unpaired) electrons. The number of ether oxygens (including phenoxy) is 1. The van der Waals surface area contributed by atoms with Crippen LogP contribution in [0.25, 0.3) is 16.8 Å². The zero-order valence-corrected chi connectivity index (χ0v) is 9.01. The van der Waals surface area contributed by atoms with Crippen LogP contribution in [0.15, 0.2) is 18.8 Å². The molecule has 0 unspecified atom stereocenters. The zero-order valence-electron chi connectivity index (χ0n) is 8.25. The van der Waals surface area contributed by atoms with E-state index >= 15 is 0 Å². The van der Waals surface area contributed by atoms with Crippen LogP contribution in [0, 0.1) is 0 Å². The van der Waals surface area contributed by atoms with Crippen LogP contribution in [-0.2, 0) is 4.74 Å². The maximum atomic E-state index is 5.79. The Bertz CT molecular complexity index is 506. The predicted molar refractivity (Wildman–Crippen MR) is 59.6 cm³/mol. The molecule has 78 valence electrons. The van der Waals surface area contributed by atoms with Gasteiger partial charge in [-0.2, -0.15) is 0 Å². The van der Waals surface area contributed by atoms with Gasteiger partial charge in [0.1, 0.15) is 11.5 Å². The SMILES string of the molecule is C=C(OCC)c1nc(Cl)nc2cc[nH]c12. The van der Waals surface area contributed by atoms with Crippen molar-refractivity contribution in [3.8, 4) is 0 Å². The number of aromatic nitrogens is 3. The van der Waals surface area contributed by atoms with Crippen molar-refractivity contribution >= 4 is 28.4 Å². The van der Waals surface area contributed by atoms with Gasteiger partial charge >= 0.3 is 0 Å². The third-order valence-electron chi connectivity index (χ3n) is 1.96. The van der Waals surface area contributed by atoms with E-state index in [2.05, 4.69) is 21.5 Å².